The van der Waals surface area contributed by atoms with Gasteiger partial charge in [-0.3, -0.25) is 4.90 Å². The first-order chi connectivity index (χ1) is 19.1. The second kappa shape index (κ2) is 11.7. The normalized spacial score (nSPS) is 14.4. The van der Waals surface area contributed by atoms with Crippen molar-refractivity contribution in [3.8, 4) is 5.88 Å². The molecule has 4 nitrogen and oxygen atoms in total. The van der Waals surface area contributed by atoms with E-state index in [1.54, 1.807) is 0 Å². The Morgan fingerprint density at radius 3 is 2.03 bits per heavy atom. The van der Waals surface area contributed by atoms with Gasteiger partial charge in [-0.15, -0.1) is 0 Å². The molecule has 5 aromatic rings. The first-order valence-electron chi connectivity index (χ1n) is 13.8. The second-order valence-corrected chi connectivity index (χ2v) is 11.4. The molecule has 2 heterocycles. The molecule has 5 heteroatoms. The standard InChI is InChI=1S/C34H34BrN3O/c35-30-14-11-26(12-15-30)24-38-25-29-13-16-31(23-33(29)34(38)39)37-21-19-36(20-22-37)18-17-32(27-7-3-1-4-8-27)28-9-5-2-6-10-28/h1-16,23,25,32,39H,17-22,24H2. The van der Waals surface area contributed by atoms with Gasteiger partial charge in [-0.1, -0.05) is 94.8 Å². The van der Waals surface area contributed by atoms with Gasteiger partial charge >= 0.3 is 0 Å². The van der Waals surface area contributed by atoms with E-state index >= 15 is 0 Å². The van der Waals surface area contributed by atoms with Crippen LogP contribution in [0.5, 0.6) is 5.88 Å². The third-order valence-electron chi connectivity index (χ3n) is 7.99. The second-order valence-electron chi connectivity index (χ2n) is 10.5. The number of piperazine rings is 1. The number of halogens is 1. The number of nitrogens with zero attached hydrogens (tertiary/aromatic N) is 3. The van der Waals surface area contributed by atoms with Crippen LogP contribution in [0.1, 0.15) is 29.0 Å². The van der Waals surface area contributed by atoms with E-state index in [4.69, 9.17) is 0 Å². The molecule has 1 fully saturated rings. The smallest absolute Gasteiger partial charge is 0.199 e. The van der Waals surface area contributed by atoms with Crippen LogP contribution in [0.3, 0.4) is 0 Å². The molecule has 0 aliphatic carbocycles. The molecule has 0 saturated carbocycles. The van der Waals surface area contributed by atoms with Crippen molar-refractivity contribution in [1.82, 2.24) is 9.47 Å². The molecule has 0 radical (unpaired) electrons. The van der Waals surface area contributed by atoms with Crippen LogP contribution in [0.4, 0.5) is 5.69 Å². The Labute approximate surface area is 239 Å². The molecule has 1 saturated heterocycles. The Kier molecular flexibility index (Phi) is 7.71. The van der Waals surface area contributed by atoms with Crippen LogP contribution in [0.15, 0.2) is 114 Å². The van der Waals surface area contributed by atoms with Crippen molar-refractivity contribution in [2.24, 2.45) is 0 Å². The van der Waals surface area contributed by atoms with E-state index < -0.39 is 0 Å². The van der Waals surface area contributed by atoms with Gasteiger partial charge in [0.1, 0.15) is 0 Å². The van der Waals surface area contributed by atoms with Gasteiger partial charge in [0.05, 0.1) is 6.54 Å². The maximum Gasteiger partial charge on any atom is 0.199 e. The van der Waals surface area contributed by atoms with Gasteiger partial charge < -0.3 is 14.6 Å². The number of hydrogen-bond acceptors (Lipinski definition) is 3. The van der Waals surface area contributed by atoms with Crippen molar-refractivity contribution in [3.05, 3.63) is 130 Å². The molecule has 0 unspecified atom stereocenters. The number of benzene rings is 4. The minimum Gasteiger partial charge on any atom is -0.494 e. The Hall–Kier alpha value is -3.54. The number of rotatable bonds is 8. The number of fused-ring (bicyclic) bond motifs is 1. The predicted octanol–water partition coefficient (Wildman–Crippen LogP) is 7.50. The minimum absolute atomic E-state index is 0.335. The van der Waals surface area contributed by atoms with Crippen LogP contribution in [-0.4, -0.2) is 47.3 Å². The highest BCUT2D eigenvalue weighted by molar-refractivity contribution is 9.10. The molecule has 0 bridgehead atoms. The van der Waals surface area contributed by atoms with Crippen molar-refractivity contribution >= 4 is 32.4 Å². The van der Waals surface area contributed by atoms with E-state index in [1.165, 1.54) is 16.8 Å². The van der Waals surface area contributed by atoms with Gasteiger partial charge in [0.15, 0.2) is 5.88 Å². The summed E-state index contributed by atoms with van der Waals surface area (Å²) in [6.07, 6.45) is 3.16. The van der Waals surface area contributed by atoms with E-state index in [-0.39, 0.29) is 0 Å². The molecule has 198 valence electrons. The maximum atomic E-state index is 11.0. The third-order valence-corrected chi connectivity index (χ3v) is 8.51. The number of aromatic hydroxyl groups is 1. The van der Waals surface area contributed by atoms with Crippen molar-refractivity contribution in [2.45, 2.75) is 18.9 Å². The summed E-state index contributed by atoms with van der Waals surface area (Å²) in [6.45, 7) is 5.81. The lowest BCUT2D eigenvalue weighted by atomic mass is 9.88. The van der Waals surface area contributed by atoms with E-state index in [9.17, 15) is 5.11 Å². The molecule has 1 aromatic heterocycles. The van der Waals surface area contributed by atoms with Crippen molar-refractivity contribution in [3.63, 3.8) is 0 Å². The lowest BCUT2D eigenvalue weighted by Gasteiger charge is -2.36. The van der Waals surface area contributed by atoms with E-state index in [2.05, 4.69) is 117 Å². The fourth-order valence-electron chi connectivity index (χ4n) is 5.78. The highest BCUT2D eigenvalue weighted by atomic mass is 79.9. The highest BCUT2D eigenvalue weighted by Gasteiger charge is 2.21. The number of hydrogen-bond donors (Lipinski definition) is 1. The fraction of sp³-hybridized carbons (Fsp3) is 0.235. The molecule has 1 aliphatic heterocycles. The lowest BCUT2D eigenvalue weighted by molar-refractivity contribution is 0.251. The monoisotopic (exact) mass is 579 g/mol. The van der Waals surface area contributed by atoms with Gasteiger partial charge in [-0.05, 0) is 53.9 Å². The zero-order chi connectivity index (χ0) is 26.6. The van der Waals surface area contributed by atoms with Gasteiger partial charge in [0, 0.05) is 59.2 Å². The zero-order valence-electron chi connectivity index (χ0n) is 22.1. The van der Waals surface area contributed by atoms with E-state index in [0.717, 1.165) is 60.0 Å². The summed E-state index contributed by atoms with van der Waals surface area (Å²) in [5, 5.41) is 13.0. The van der Waals surface area contributed by atoms with E-state index in [1.807, 2.05) is 22.9 Å². The van der Waals surface area contributed by atoms with Gasteiger partial charge in [-0.25, -0.2) is 0 Å². The van der Waals surface area contributed by atoms with Gasteiger partial charge in [0.25, 0.3) is 0 Å². The Morgan fingerprint density at radius 1 is 0.744 bits per heavy atom. The van der Waals surface area contributed by atoms with Crippen LogP contribution in [0.2, 0.25) is 0 Å². The summed E-state index contributed by atoms with van der Waals surface area (Å²) in [7, 11) is 0. The third kappa shape index (κ3) is 5.90. The summed E-state index contributed by atoms with van der Waals surface area (Å²) in [6, 6.07) is 36.5. The molecular weight excluding hydrogens is 546 g/mol. The molecule has 0 amide bonds. The van der Waals surface area contributed by atoms with Crippen LogP contribution >= 0.6 is 15.9 Å². The van der Waals surface area contributed by atoms with Crippen molar-refractivity contribution in [1.29, 1.82) is 0 Å². The quantitative estimate of drug-likeness (QED) is 0.206. The molecule has 39 heavy (non-hydrogen) atoms. The summed E-state index contributed by atoms with van der Waals surface area (Å²) in [5.41, 5.74) is 5.13. The summed E-state index contributed by atoms with van der Waals surface area (Å²) >= 11 is 3.49. The highest BCUT2D eigenvalue weighted by Crippen LogP contribution is 2.33. The Balaban J connectivity index is 1.10. The van der Waals surface area contributed by atoms with Crippen molar-refractivity contribution in [2.75, 3.05) is 37.6 Å². The summed E-state index contributed by atoms with van der Waals surface area (Å²) in [5.74, 6) is 0.749. The Morgan fingerprint density at radius 2 is 1.38 bits per heavy atom. The fourth-order valence-corrected chi connectivity index (χ4v) is 6.04. The average Bonchev–Trinajstić information content (AvgIpc) is 3.30. The number of anilines is 1. The summed E-state index contributed by atoms with van der Waals surface area (Å²) < 4.78 is 3.00. The van der Waals surface area contributed by atoms with Gasteiger partial charge in [0.2, 0.25) is 0 Å². The molecule has 0 atom stereocenters. The SMILES string of the molecule is Oc1c2cc(N3CCN(CCC(c4ccccc4)c4ccccc4)CC3)ccc2cn1Cc1ccc(Br)cc1. The predicted molar refractivity (Wildman–Crippen MR) is 165 cm³/mol. The average molecular weight is 581 g/mol. The Bertz CT molecular complexity index is 1470. The summed E-state index contributed by atoms with van der Waals surface area (Å²) in [4.78, 5) is 5.05. The lowest BCUT2D eigenvalue weighted by Crippen LogP contribution is -2.46. The van der Waals surface area contributed by atoms with Crippen LogP contribution in [0, 0.1) is 0 Å². The first-order valence-corrected chi connectivity index (χ1v) is 14.6. The maximum absolute atomic E-state index is 11.0. The number of aromatic nitrogens is 1. The molecule has 4 aromatic carbocycles. The molecule has 1 N–H and O–H groups in total. The molecular formula is C34H34BrN3O. The largest absolute Gasteiger partial charge is 0.494 e. The first kappa shape index (κ1) is 25.7. The molecule has 6 rings (SSSR count). The van der Waals surface area contributed by atoms with Crippen LogP contribution in [-0.2, 0) is 6.54 Å². The van der Waals surface area contributed by atoms with E-state index in [0.29, 0.717) is 18.3 Å². The molecule has 0 spiro atoms. The minimum atomic E-state index is 0.335. The van der Waals surface area contributed by atoms with Crippen LogP contribution < -0.4 is 4.90 Å². The van der Waals surface area contributed by atoms with Crippen LogP contribution in [0.25, 0.3) is 10.8 Å². The molecule has 1 aliphatic rings. The topological polar surface area (TPSA) is 31.6 Å². The van der Waals surface area contributed by atoms with Crippen molar-refractivity contribution < 1.29 is 5.11 Å². The zero-order valence-corrected chi connectivity index (χ0v) is 23.7. The van der Waals surface area contributed by atoms with Gasteiger partial charge in [-0.2, -0.15) is 0 Å².